The summed E-state index contributed by atoms with van der Waals surface area (Å²) in [5.41, 5.74) is 5.19. The summed E-state index contributed by atoms with van der Waals surface area (Å²) in [6.07, 6.45) is 1.21. The molecule has 1 aromatic carbocycles. The minimum atomic E-state index is -0.795. The minimum absolute atomic E-state index is 0.113. The van der Waals surface area contributed by atoms with Crippen molar-refractivity contribution in [3.05, 3.63) is 57.5 Å². The van der Waals surface area contributed by atoms with Crippen molar-refractivity contribution in [2.75, 3.05) is 6.61 Å². The van der Waals surface area contributed by atoms with E-state index in [1.807, 2.05) is 13.8 Å². The summed E-state index contributed by atoms with van der Waals surface area (Å²) < 4.78 is 19.9. The predicted molar refractivity (Wildman–Crippen MR) is 110 cm³/mol. The zero-order valence-electron chi connectivity index (χ0n) is 17.0. The van der Waals surface area contributed by atoms with Gasteiger partial charge in [0.15, 0.2) is 11.5 Å². The molecule has 2 heterocycles. The Balaban J connectivity index is 0.00000145. The van der Waals surface area contributed by atoms with Crippen molar-refractivity contribution in [3.63, 3.8) is 0 Å². The fourth-order valence-electron chi connectivity index (χ4n) is 2.75. The normalized spacial score (nSPS) is 15.6. The maximum Gasteiger partial charge on any atom is 0.296 e. The van der Waals surface area contributed by atoms with Crippen molar-refractivity contribution in [3.8, 4) is 5.75 Å². The van der Waals surface area contributed by atoms with Crippen LogP contribution < -0.4 is 11.3 Å². The Bertz CT molecular complexity index is 965. The molecule has 0 atom stereocenters. The molecule has 0 fully saturated rings. The molecule has 0 saturated carbocycles. The number of ether oxygens (including phenoxy) is 1. The highest BCUT2D eigenvalue weighted by Gasteiger charge is 2.33. The number of halogens is 1. The Morgan fingerprint density at radius 3 is 2.69 bits per heavy atom. The number of nitrogens with zero attached hydrogens (tertiary/aromatic N) is 4. The lowest BCUT2D eigenvalue weighted by atomic mass is 10.1. The van der Waals surface area contributed by atoms with Crippen LogP contribution in [0.4, 0.5) is 4.39 Å². The van der Waals surface area contributed by atoms with E-state index in [1.54, 1.807) is 26.0 Å². The van der Waals surface area contributed by atoms with Crippen molar-refractivity contribution in [2.45, 2.75) is 46.4 Å². The predicted octanol–water partition coefficient (Wildman–Crippen LogP) is 2.31. The molecule has 3 N–H and O–H groups in total. The van der Waals surface area contributed by atoms with Crippen LogP contribution in [0.15, 0.2) is 39.0 Å². The van der Waals surface area contributed by atoms with E-state index in [0.29, 0.717) is 19.0 Å². The number of hydrogen-bond acceptors (Lipinski definition) is 5. The molecule has 9 heteroatoms. The van der Waals surface area contributed by atoms with E-state index in [2.05, 4.69) is 15.0 Å². The highest BCUT2D eigenvalue weighted by Crippen LogP contribution is 2.27. The Kier molecular flexibility index (Phi) is 7.22. The van der Waals surface area contributed by atoms with Crippen molar-refractivity contribution < 1.29 is 14.2 Å². The number of fused-ring (bicyclic) bond motifs is 1. The zero-order valence-corrected chi connectivity index (χ0v) is 17.0. The first-order chi connectivity index (χ1) is 13.8. The number of benzene rings is 1. The van der Waals surface area contributed by atoms with Crippen LogP contribution in [0.3, 0.4) is 0 Å². The molecule has 0 unspecified atom stereocenters. The molecule has 1 aliphatic heterocycles. The number of hydrogen-bond donors (Lipinski definition) is 2. The van der Waals surface area contributed by atoms with Crippen LogP contribution in [0, 0.1) is 5.82 Å². The van der Waals surface area contributed by atoms with Gasteiger partial charge in [0.05, 0.1) is 19.7 Å². The number of nitrogens with two attached hydrogens (primary N) is 1. The van der Waals surface area contributed by atoms with Crippen LogP contribution >= 0.6 is 0 Å². The largest absolute Gasteiger partial charge is 0.501 e. The van der Waals surface area contributed by atoms with Gasteiger partial charge >= 0.3 is 0 Å². The van der Waals surface area contributed by atoms with E-state index in [-0.39, 0.29) is 23.9 Å². The summed E-state index contributed by atoms with van der Waals surface area (Å²) in [6.45, 7) is 8.49. The maximum atomic E-state index is 12.9. The lowest BCUT2D eigenvalue weighted by Gasteiger charge is -2.32. The van der Waals surface area contributed by atoms with Crippen LogP contribution in [0.25, 0.3) is 0 Å². The SMILES string of the molecule is CC.CC1(C)OCCn2c1nc(C(N)=NC=NCc1ccc(F)cc1)c(O)c2=O. The van der Waals surface area contributed by atoms with Gasteiger partial charge in [0.2, 0.25) is 5.75 Å². The lowest BCUT2D eigenvalue weighted by molar-refractivity contribution is -0.0566. The number of aromatic hydroxyl groups is 1. The standard InChI is InChI=1S/C18H20FN5O3.C2H6/c1-18(2)17-23-13(14(25)16(26)24(17)7-8-27-18)15(20)22-10-21-9-11-3-5-12(19)6-4-11;1-2/h3-6,10,25H,7-9H2,1-2H3,(H2,20,21,22);1-2H3. The molecule has 0 spiro atoms. The molecule has 0 radical (unpaired) electrons. The van der Waals surface area contributed by atoms with Crippen LogP contribution in [0.2, 0.25) is 0 Å². The molecule has 2 aromatic rings. The van der Waals surface area contributed by atoms with Gasteiger partial charge in [-0.3, -0.25) is 14.4 Å². The summed E-state index contributed by atoms with van der Waals surface area (Å²) in [5, 5.41) is 10.2. The molecule has 29 heavy (non-hydrogen) atoms. The van der Waals surface area contributed by atoms with Crippen molar-refractivity contribution in [2.24, 2.45) is 15.7 Å². The van der Waals surface area contributed by atoms with Gasteiger partial charge in [0.1, 0.15) is 23.6 Å². The molecule has 0 saturated heterocycles. The highest BCUT2D eigenvalue weighted by molar-refractivity contribution is 6.01. The average molecular weight is 403 g/mol. The summed E-state index contributed by atoms with van der Waals surface area (Å²) in [4.78, 5) is 24.7. The molecule has 3 rings (SSSR count). The van der Waals surface area contributed by atoms with Gasteiger partial charge in [-0.05, 0) is 31.5 Å². The van der Waals surface area contributed by atoms with Crippen molar-refractivity contribution in [1.29, 1.82) is 0 Å². The van der Waals surface area contributed by atoms with Gasteiger partial charge in [0.25, 0.3) is 5.56 Å². The van der Waals surface area contributed by atoms with Crippen LogP contribution in [0.1, 0.15) is 44.8 Å². The third-order valence-electron chi connectivity index (χ3n) is 4.17. The monoisotopic (exact) mass is 403 g/mol. The first kappa shape index (κ1) is 22.2. The fraction of sp³-hybridized carbons (Fsp3) is 0.400. The molecular formula is C20H26FN5O3. The summed E-state index contributed by atoms with van der Waals surface area (Å²) >= 11 is 0. The number of rotatable bonds is 4. The third-order valence-corrected chi connectivity index (χ3v) is 4.17. The first-order valence-electron chi connectivity index (χ1n) is 9.34. The second kappa shape index (κ2) is 9.42. The summed E-state index contributed by atoms with van der Waals surface area (Å²) in [6, 6.07) is 5.91. The quantitative estimate of drug-likeness (QED) is 0.600. The summed E-state index contributed by atoms with van der Waals surface area (Å²) in [7, 11) is 0. The second-order valence-electron chi connectivity index (χ2n) is 6.55. The van der Waals surface area contributed by atoms with Crippen LogP contribution in [0.5, 0.6) is 5.75 Å². The molecular weight excluding hydrogens is 377 g/mol. The van der Waals surface area contributed by atoms with E-state index in [0.717, 1.165) is 5.56 Å². The number of aliphatic imine (C=N–C) groups is 2. The fourth-order valence-corrected chi connectivity index (χ4v) is 2.75. The topological polar surface area (TPSA) is 115 Å². The van der Waals surface area contributed by atoms with Crippen molar-refractivity contribution in [1.82, 2.24) is 9.55 Å². The zero-order chi connectivity index (χ0) is 21.6. The molecule has 1 aromatic heterocycles. The maximum absolute atomic E-state index is 12.9. The smallest absolute Gasteiger partial charge is 0.296 e. The van der Waals surface area contributed by atoms with E-state index >= 15 is 0 Å². The van der Waals surface area contributed by atoms with Gasteiger partial charge in [0, 0.05) is 0 Å². The van der Waals surface area contributed by atoms with Crippen LogP contribution in [-0.4, -0.2) is 33.4 Å². The lowest BCUT2D eigenvalue weighted by Crippen LogP contribution is -2.42. The molecule has 0 bridgehead atoms. The summed E-state index contributed by atoms with van der Waals surface area (Å²) in [5.74, 6) is -0.660. The molecule has 0 amide bonds. The highest BCUT2D eigenvalue weighted by atomic mass is 19.1. The third kappa shape index (κ3) is 5.05. The second-order valence-corrected chi connectivity index (χ2v) is 6.55. The molecule has 8 nitrogen and oxygen atoms in total. The van der Waals surface area contributed by atoms with E-state index in [4.69, 9.17) is 10.5 Å². The molecule has 1 aliphatic rings. The Morgan fingerprint density at radius 2 is 2.03 bits per heavy atom. The van der Waals surface area contributed by atoms with Crippen LogP contribution in [-0.2, 0) is 23.4 Å². The van der Waals surface area contributed by atoms with E-state index in [1.165, 1.54) is 23.0 Å². The molecule has 0 aliphatic carbocycles. The van der Waals surface area contributed by atoms with Crippen molar-refractivity contribution >= 4 is 12.2 Å². The first-order valence-corrected chi connectivity index (χ1v) is 9.34. The Hall–Kier alpha value is -3.07. The number of aromatic nitrogens is 2. The van der Waals surface area contributed by atoms with E-state index in [9.17, 15) is 14.3 Å². The van der Waals surface area contributed by atoms with Gasteiger partial charge in [-0.1, -0.05) is 26.0 Å². The Morgan fingerprint density at radius 1 is 1.38 bits per heavy atom. The van der Waals surface area contributed by atoms with Gasteiger partial charge in [-0.25, -0.2) is 14.4 Å². The van der Waals surface area contributed by atoms with Gasteiger partial charge in [-0.2, -0.15) is 0 Å². The Labute approximate surface area is 168 Å². The van der Waals surface area contributed by atoms with Gasteiger partial charge < -0.3 is 15.6 Å². The molecule has 156 valence electrons. The average Bonchev–Trinajstić information content (AvgIpc) is 2.70. The van der Waals surface area contributed by atoms with E-state index < -0.39 is 16.9 Å². The minimum Gasteiger partial charge on any atom is -0.501 e. The number of amidine groups is 1. The van der Waals surface area contributed by atoms with Gasteiger partial charge in [-0.15, -0.1) is 0 Å².